The fraction of sp³-hybridized carbons (Fsp3) is 0.462. The van der Waals surface area contributed by atoms with Crippen molar-refractivity contribution in [3.63, 3.8) is 0 Å². The summed E-state index contributed by atoms with van der Waals surface area (Å²) in [5.41, 5.74) is 1.81. The summed E-state index contributed by atoms with van der Waals surface area (Å²) in [5.74, 6) is 0.0420. The Labute approximate surface area is 102 Å². The number of amides is 1. The van der Waals surface area contributed by atoms with E-state index in [-0.39, 0.29) is 12.1 Å². The average molecular weight is 234 g/mol. The van der Waals surface area contributed by atoms with Crippen molar-refractivity contribution in [1.29, 1.82) is 0 Å². The molecule has 1 fully saturated rings. The first kappa shape index (κ1) is 11.9. The second-order valence-corrected chi connectivity index (χ2v) is 4.41. The molecule has 0 bridgehead atoms. The third kappa shape index (κ3) is 2.42. The molecular formula is C13H18N2O2. The molecule has 0 aromatic heterocycles. The fourth-order valence-electron chi connectivity index (χ4n) is 1.93. The molecule has 0 radical (unpaired) electrons. The second kappa shape index (κ2) is 4.75. The minimum atomic E-state index is -0.115. The van der Waals surface area contributed by atoms with Crippen molar-refractivity contribution >= 4 is 11.6 Å². The third-order valence-corrected chi connectivity index (χ3v) is 3.02. The number of nitrogens with zero attached hydrogens (tertiary/aromatic N) is 2. The van der Waals surface area contributed by atoms with Crippen LogP contribution in [-0.2, 0) is 4.74 Å². The van der Waals surface area contributed by atoms with Crippen LogP contribution in [0.15, 0.2) is 24.3 Å². The molecule has 4 nitrogen and oxygen atoms in total. The molecular weight excluding hydrogens is 216 g/mol. The van der Waals surface area contributed by atoms with Crippen LogP contribution in [0.3, 0.4) is 0 Å². The van der Waals surface area contributed by atoms with E-state index in [0.717, 1.165) is 5.69 Å². The minimum absolute atomic E-state index is 0.0420. The van der Waals surface area contributed by atoms with Gasteiger partial charge in [0.1, 0.15) is 6.23 Å². The van der Waals surface area contributed by atoms with E-state index >= 15 is 0 Å². The molecule has 2 rings (SSSR count). The molecule has 0 saturated carbocycles. The van der Waals surface area contributed by atoms with E-state index in [0.29, 0.717) is 18.7 Å². The van der Waals surface area contributed by atoms with Crippen molar-refractivity contribution in [2.24, 2.45) is 0 Å². The molecule has 0 spiro atoms. The summed E-state index contributed by atoms with van der Waals surface area (Å²) in [6, 6.07) is 7.63. The molecule has 1 saturated heterocycles. The molecule has 1 aromatic carbocycles. The smallest absolute Gasteiger partial charge is 0.255 e. The van der Waals surface area contributed by atoms with Crippen LogP contribution in [0.4, 0.5) is 5.69 Å². The molecule has 17 heavy (non-hydrogen) atoms. The summed E-state index contributed by atoms with van der Waals surface area (Å²) < 4.78 is 5.37. The van der Waals surface area contributed by atoms with Crippen molar-refractivity contribution in [3.05, 3.63) is 29.8 Å². The largest absolute Gasteiger partial charge is 0.378 e. The van der Waals surface area contributed by atoms with Crippen LogP contribution in [0.2, 0.25) is 0 Å². The van der Waals surface area contributed by atoms with Gasteiger partial charge in [0.05, 0.1) is 6.61 Å². The highest BCUT2D eigenvalue weighted by Crippen LogP contribution is 2.17. The highest BCUT2D eigenvalue weighted by atomic mass is 16.5. The maximum absolute atomic E-state index is 12.2. The molecule has 1 atom stereocenters. The second-order valence-electron chi connectivity index (χ2n) is 4.41. The van der Waals surface area contributed by atoms with Gasteiger partial charge in [0.15, 0.2) is 0 Å². The van der Waals surface area contributed by atoms with Crippen LogP contribution >= 0.6 is 0 Å². The zero-order chi connectivity index (χ0) is 12.4. The Balaban J connectivity index is 2.14. The average Bonchev–Trinajstić information content (AvgIpc) is 2.74. The lowest BCUT2D eigenvalue weighted by atomic mass is 10.1. The monoisotopic (exact) mass is 234 g/mol. The van der Waals surface area contributed by atoms with E-state index in [1.165, 1.54) is 0 Å². The van der Waals surface area contributed by atoms with Gasteiger partial charge in [-0.1, -0.05) is 0 Å². The third-order valence-electron chi connectivity index (χ3n) is 3.02. The molecule has 1 unspecified atom stereocenters. The van der Waals surface area contributed by atoms with Crippen LogP contribution in [0.1, 0.15) is 17.3 Å². The lowest BCUT2D eigenvalue weighted by Crippen LogP contribution is -2.34. The van der Waals surface area contributed by atoms with Crippen molar-refractivity contribution in [3.8, 4) is 0 Å². The summed E-state index contributed by atoms with van der Waals surface area (Å²) in [5, 5.41) is 0. The normalized spacial score (nSPS) is 19.5. The van der Waals surface area contributed by atoms with Gasteiger partial charge < -0.3 is 14.5 Å². The van der Waals surface area contributed by atoms with Gasteiger partial charge in [0, 0.05) is 31.9 Å². The van der Waals surface area contributed by atoms with Gasteiger partial charge in [-0.15, -0.1) is 0 Å². The van der Waals surface area contributed by atoms with E-state index < -0.39 is 0 Å². The Morgan fingerprint density at radius 2 is 2.00 bits per heavy atom. The molecule has 1 aromatic rings. The molecule has 1 amide bonds. The molecule has 1 aliphatic rings. The van der Waals surface area contributed by atoms with Gasteiger partial charge in [0.2, 0.25) is 0 Å². The Morgan fingerprint density at radius 3 is 2.47 bits per heavy atom. The van der Waals surface area contributed by atoms with Crippen LogP contribution in [-0.4, -0.2) is 44.3 Å². The molecule has 1 heterocycles. The number of carbonyl (C=O) groups is 1. The first-order chi connectivity index (χ1) is 8.09. The first-order valence-electron chi connectivity index (χ1n) is 5.79. The summed E-state index contributed by atoms with van der Waals surface area (Å²) in [7, 11) is 3.96. The highest BCUT2D eigenvalue weighted by molar-refractivity contribution is 5.94. The van der Waals surface area contributed by atoms with Crippen molar-refractivity contribution in [1.82, 2.24) is 4.90 Å². The number of rotatable bonds is 2. The fourth-order valence-corrected chi connectivity index (χ4v) is 1.93. The maximum Gasteiger partial charge on any atom is 0.255 e. The molecule has 0 aliphatic carbocycles. The molecule has 0 N–H and O–H groups in total. The summed E-state index contributed by atoms with van der Waals surface area (Å²) in [6.07, 6.45) is -0.115. The van der Waals surface area contributed by atoms with Gasteiger partial charge in [-0.3, -0.25) is 4.79 Å². The van der Waals surface area contributed by atoms with Gasteiger partial charge in [-0.2, -0.15) is 0 Å². The predicted molar refractivity (Wildman–Crippen MR) is 67.2 cm³/mol. The topological polar surface area (TPSA) is 32.8 Å². The van der Waals surface area contributed by atoms with Crippen molar-refractivity contribution in [2.45, 2.75) is 13.2 Å². The van der Waals surface area contributed by atoms with E-state index in [1.807, 2.05) is 50.2 Å². The lowest BCUT2D eigenvalue weighted by Gasteiger charge is -2.20. The zero-order valence-corrected chi connectivity index (χ0v) is 10.5. The Kier molecular flexibility index (Phi) is 3.33. The van der Waals surface area contributed by atoms with Crippen LogP contribution in [0.25, 0.3) is 0 Å². The molecule has 1 aliphatic heterocycles. The Hall–Kier alpha value is -1.55. The van der Waals surface area contributed by atoms with Crippen LogP contribution < -0.4 is 4.90 Å². The van der Waals surface area contributed by atoms with Crippen molar-refractivity contribution in [2.75, 3.05) is 32.1 Å². The zero-order valence-electron chi connectivity index (χ0n) is 10.5. The standard InChI is InChI=1S/C13H18N2O2/c1-10-15(8-9-17-10)13(16)11-4-6-12(7-5-11)14(2)3/h4-7,10H,8-9H2,1-3H3. The van der Waals surface area contributed by atoms with Crippen LogP contribution in [0.5, 0.6) is 0 Å². The number of ether oxygens (including phenoxy) is 1. The predicted octanol–water partition coefficient (Wildman–Crippen LogP) is 1.57. The van der Waals surface area contributed by atoms with Gasteiger partial charge in [-0.25, -0.2) is 0 Å². The minimum Gasteiger partial charge on any atom is -0.378 e. The number of anilines is 1. The summed E-state index contributed by atoms with van der Waals surface area (Å²) in [4.78, 5) is 15.9. The van der Waals surface area contributed by atoms with Gasteiger partial charge in [-0.05, 0) is 31.2 Å². The Bertz CT molecular complexity index is 400. The summed E-state index contributed by atoms with van der Waals surface area (Å²) >= 11 is 0. The number of benzene rings is 1. The van der Waals surface area contributed by atoms with E-state index in [2.05, 4.69) is 0 Å². The number of hydrogen-bond acceptors (Lipinski definition) is 3. The molecule has 92 valence electrons. The Morgan fingerprint density at radius 1 is 1.35 bits per heavy atom. The first-order valence-corrected chi connectivity index (χ1v) is 5.79. The summed E-state index contributed by atoms with van der Waals surface area (Å²) in [6.45, 7) is 3.21. The SMILES string of the molecule is CC1OCCN1C(=O)c1ccc(N(C)C)cc1. The van der Waals surface area contributed by atoms with E-state index in [4.69, 9.17) is 4.74 Å². The lowest BCUT2D eigenvalue weighted by molar-refractivity contribution is 0.0378. The van der Waals surface area contributed by atoms with Gasteiger partial charge >= 0.3 is 0 Å². The van der Waals surface area contributed by atoms with Crippen LogP contribution in [0, 0.1) is 0 Å². The van der Waals surface area contributed by atoms with Crippen molar-refractivity contribution < 1.29 is 9.53 Å². The quantitative estimate of drug-likeness (QED) is 0.778. The molecule has 4 heteroatoms. The highest BCUT2D eigenvalue weighted by Gasteiger charge is 2.26. The number of carbonyl (C=O) groups excluding carboxylic acids is 1. The van der Waals surface area contributed by atoms with Gasteiger partial charge in [0.25, 0.3) is 5.91 Å². The van der Waals surface area contributed by atoms with E-state index in [9.17, 15) is 4.79 Å². The number of hydrogen-bond donors (Lipinski definition) is 0. The van der Waals surface area contributed by atoms with E-state index in [1.54, 1.807) is 4.90 Å². The maximum atomic E-state index is 12.2.